The Bertz CT molecular complexity index is 249. The molecule has 1 aliphatic rings. The Hall–Kier alpha value is -0.820. The van der Waals surface area contributed by atoms with Crippen LogP contribution in [0.4, 0.5) is 0 Å². The highest BCUT2D eigenvalue weighted by molar-refractivity contribution is 5.11. The number of ether oxygens (including phenoxy) is 1. The fraction of sp³-hybridized carbons (Fsp3) is 0.538. The Labute approximate surface area is 86.1 Å². The van der Waals surface area contributed by atoms with E-state index in [2.05, 4.69) is 12.1 Å². The number of hydrogen-bond donors (Lipinski definition) is 0. The van der Waals surface area contributed by atoms with Crippen LogP contribution in [0.5, 0.6) is 0 Å². The number of rotatable bonds is 4. The molecule has 0 saturated heterocycles. The van der Waals surface area contributed by atoms with Crippen molar-refractivity contribution in [2.24, 2.45) is 5.92 Å². The first kappa shape index (κ1) is 9.72. The fourth-order valence-electron chi connectivity index (χ4n) is 2.03. The van der Waals surface area contributed by atoms with Crippen LogP contribution in [-0.2, 0) is 11.3 Å². The lowest BCUT2D eigenvalue weighted by molar-refractivity contribution is 0.0887. The minimum absolute atomic E-state index is 0.720. The van der Waals surface area contributed by atoms with E-state index in [-0.39, 0.29) is 0 Å². The molecule has 0 bridgehead atoms. The topological polar surface area (TPSA) is 9.23 Å². The van der Waals surface area contributed by atoms with Crippen LogP contribution in [0.1, 0.15) is 31.2 Å². The maximum atomic E-state index is 5.67. The van der Waals surface area contributed by atoms with Gasteiger partial charge in [0.2, 0.25) is 0 Å². The molecule has 14 heavy (non-hydrogen) atoms. The van der Waals surface area contributed by atoms with Gasteiger partial charge in [0.05, 0.1) is 6.61 Å². The molecule has 2 rings (SSSR count). The maximum absolute atomic E-state index is 5.67. The smallest absolute Gasteiger partial charge is 0.0723 e. The zero-order chi connectivity index (χ0) is 9.64. The second-order valence-corrected chi connectivity index (χ2v) is 4.05. The second kappa shape index (κ2) is 5.16. The monoisotopic (exact) mass is 189 g/mol. The van der Waals surface area contributed by atoms with Gasteiger partial charge in [-0.3, -0.25) is 0 Å². The van der Waals surface area contributed by atoms with Crippen LogP contribution in [0.25, 0.3) is 0 Å². The molecule has 1 heteroatoms. The summed E-state index contributed by atoms with van der Waals surface area (Å²) in [4.78, 5) is 0. The summed E-state index contributed by atoms with van der Waals surface area (Å²) in [5.74, 6) is 0.818. The molecule has 0 aromatic heterocycles. The highest BCUT2D eigenvalue weighted by Gasteiger charge is 2.14. The van der Waals surface area contributed by atoms with Crippen molar-refractivity contribution in [3.8, 4) is 0 Å². The molecule has 0 heterocycles. The SMILES string of the molecule is [c]1ccccc1COCC1CCCC1. The molecule has 0 spiro atoms. The average Bonchev–Trinajstić information content (AvgIpc) is 2.72. The van der Waals surface area contributed by atoms with Crippen molar-refractivity contribution in [2.45, 2.75) is 32.3 Å². The summed E-state index contributed by atoms with van der Waals surface area (Å²) in [5.41, 5.74) is 1.16. The number of benzene rings is 1. The molecule has 0 aliphatic heterocycles. The summed E-state index contributed by atoms with van der Waals surface area (Å²) in [5, 5.41) is 0. The molecule has 1 radical (unpaired) electrons. The van der Waals surface area contributed by atoms with Crippen molar-refractivity contribution >= 4 is 0 Å². The van der Waals surface area contributed by atoms with E-state index in [0.717, 1.165) is 24.7 Å². The van der Waals surface area contributed by atoms with Crippen molar-refractivity contribution in [1.82, 2.24) is 0 Å². The van der Waals surface area contributed by atoms with Gasteiger partial charge in [-0.15, -0.1) is 0 Å². The molecule has 1 fully saturated rings. The summed E-state index contributed by atoms with van der Waals surface area (Å²) < 4.78 is 5.67. The van der Waals surface area contributed by atoms with Crippen molar-refractivity contribution in [3.05, 3.63) is 35.9 Å². The van der Waals surface area contributed by atoms with Crippen LogP contribution >= 0.6 is 0 Å². The van der Waals surface area contributed by atoms with E-state index in [1.54, 1.807) is 0 Å². The third-order valence-corrected chi connectivity index (χ3v) is 2.86. The van der Waals surface area contributed by atoms with E-state index in [1.165, 1.54) is 25.7 Å². The lowest BCUT2D eigenvalue weighted by atomic mass is 10.1. The van der Waals surface area contributed by atoms with Gasteiger partial charge < -0.3 is 4.74 Å². The van der Waals surface area contributed by atoms with Gasteiger partial charge in [0.15, 0.2) is 0 Å². The van der Waals surface area contributed by atoms with E-state index in [9.17, 15) is 0 Å². The lowest BCUT2D eigenvalue weighted by Gasteiger charge is -2.09. The summed E-state index contributed by atoms with van der Waals surface area (Å²) in [6.45, 7) is 1.65. The predicted molar refractivity (Wildman–Crippen MR) is 56.9 cm³/mol. The Kier molecular flexibility index (Phi) is 3.58. The van der Waals surface area contributed by atoms with E-state index in [4.69, 9.17) is 4.74 Å². The van der Waals surface area contributed by atoms with Crippen LogP contribution in [-0.4, -0.2) is 6.61 Å². The third-order valence-electron chi connectivity index (χ3n) is 2.86. The quantitative estimate of drug-likeness (QED) is 0.706. The lowest BCUT2D eigenvalue weighted by Crippen LogP contribution is -2.05. The number of hydrogen-bond acceptors (Lipinski definition) is 1. The molecule has 0 amide bonds. The predicted octanol–water partition coefficient (Wildman–Crippen LogP) is 3.19. The second-order valence-electron chi connectivity index (χ2n) is 4.05. The molecular formula is C13H17O. The van der Waals surface area contributed by atoms with Gasteiger partial charge in [-0.05, 0) is 30.4 Å². The average molecular weight is 189 g/mol. The summed E-state index contributed by atoms with van der Waals surface area (Å²) in [6.07, 6.45) is 5.51. The molecule has 0 unspecified atom stereocenters. The molecule has 1 nitrogen and oxygen atoms in total. The van der Waals surface area contributed by atoms with E-state index >= 15 is 0 Å². The molecule has 75 valence electrons. The van der Waals surface area contributed by atoms with Crippen molar-refractivity contribution in [3.63, 3.8) is 0 Å². The van der Waals surface area contributed by atoms with Gasteiger partial charge >= 0.3 is 0 Å². The Balaban J connectivity index is 1.67. The minimum Gasteiger partial charge on any atom is -0.376 e. The van der Waals surface area contributed by atoms with E-state index in [0.29, 0.717) is 0 Å². The Morgan fingerprint density at radius 1 is 1.29 bits per heavy atom. The van der Waals surface area contributed by atoms with Crippen LogP contribution in [0, 0.1) is 12.0 Å². The molecule has 1 aliphatic carbocycles. The van der Waals surface area contributed by atoms with Crippen molar-refractivity contribution in [1.29, 1.82) is 0 Å². The van der Waals surface area contributed by atoms with Gasteiger partial charge in [-0.2, -0.15) is 0 Å². The van der Waals surface area contributed by atoms with Crippen LogP contribution in [0.3, 0.4) is 0 Å². The van der Waals surface area contributed by atoms with E-state index in [1.807, 2.05) is 18.2 Å². The van der Waals surface area contributed by atoms with Gasteiger partial charge in [0, 0.05) is 6.61 Å². The summed E-state index contributed by atoms with van der Waals surface area (Å²) in [7, 11) is 0. The zero-order valence-corrected chi connectivity index (χ0v) is 8.54. The molecule has 1 saturated carbocycles. The fourth-order valence-corrected chi connectivity index (χ4v) is 2.03. The Morgan fingerprint density at radius 3 is 2.86 bits per heavy atom. The maximum Gasteiger partial charge on any atom is 0.0723 e. The van der Waals surface area contributed by atoms with Gasteiger partial charge in [-0.1, -0.05) is 37.1 Å². The van der Waals surface area contributed by atoms with E-state index < -0.39 is 0 Å². The summed E-state index contributed by atoms with van der Waals surface area (Å²) >= 11 is 0. The molecular weight excluding hydrogens is 172 g/mol. The van der Waals surface area contributed by atoms with Crippen LogP contribution in [0.15, 0.2) is 24.3 Å². The van der Waals surface area contributed by atoms with Gasteiger partial charge in [0.1, 0.15) is 0 Å². The highest BCUT2D eigenvalue weighted by atomic mass is 16.5. The standard InChI is InChI=1S/C13H17O/c1-2-6-12(7-3-1)10-14-11-13-8-4-5-9-13/h1-3,6,13H,4-5,8-11H2. The van der Waals surface area contributed by atoms with Crippen molar-refractivity contribution in [2.75, 3.05) is 6.61 Å². The molecule has 1 aromatic carbocycles. The first-order valence-electron chi connectivity index (χ1n) is 5.48. The molecule has 1 aromatic rings. The zero-order valence-electron chi connectivity index (χ0n) is 8.54. The minimum atomic E-state index is 0.720. The van der Waals surface area contributed by atoms with Crippen molar-refractivity contribution < 1.29 is 4.74 Å². The third kappa shape index (κ3) is 2.85. The van der Waals surface area contributed by atoms with Crippen LogP contribution < -0.4 is 0 Å². The first-order valence-corrected chi connectivity index (χ1v) is 5.48. The normalized spacial score (nSPS) is 17.4. The summed E-state index contributed by atoms with van der Waals surface area (Å²) in [6, 6.07) is 11.2. The van der Waals surface area contributed by atoms with Crippen LogP contribution in [0.2, 0.25) is 0 Å². The highest BCUT2D eigenvalue weighted by Crippen LogP contribution is 2.24. The largest absolute Gasteiger partial charge is 0.376 e. The van der Waals surface area contributed by atoms with Gasteiger partial charge in [-0.25, -0.2) is 0 Å². The van der Waals surface area contributed by atoms with Gasteiger partial charge in [0.25, 0.3) is 0 Å². The first-order chi connectivity index (χ1) is 6.95. The Morgan fingerprint density at radius 2 is 2.14 bits per heavy atom. The molecule has 0 atom stereocenters. The molecule has 0 N–H and O–H groups in total.